The van der Waals surface area contributed by atoms with Crippen LogP contribution in [0.5, 0.6) is 11.5 Å². The fourth-order valence-corrected chi connectivity index (χ4v) is 4.06. The maximum absolute atomic E-state index is 13.1. The third-order valence-electron chi connectivity index (χ3n) is 5.94. The Balaban J connectivity index is 1.60. The molecule has 194 valence electrons. The molecule has 2 aromatic rings. The molecule has 4 N–H and O–H groups in total. The number of rotatable bonds is 8. The lowest BCUT2D eigenvalue weighted by atomic mass is 9.94. The van der Waals surface area contributed by atoms with Crippen LogP contribution in [0.3, 0.4) is 0 Å². The van der Waals surface area contributed by atoms with Gasteiger partial charge in [-0.15, -0.1) is 0 Å². The standard InChI is InChI=1S/C27H35N3O6/c1-27(2,3)36-26(35)30-16-22(24(33)28-14-12-18-4-8-20(31)9-5-18)23(17-30)25(34)29-15-13-19-6-10-21(32)11-7-19/h4-11,22-23,31-32H,12-17H2,1-3H3,(H,28,33)(H,29,34). The number of ether oxygens (including phenoxy) is 1. The van der Waals surface area contributed by atoms with Crippen LogP contribution in [-0.2, 0) is 27.2 Å². The van der Waals surface area contributed by atoms with Gasteiger partial charge >= 0.3 is 6.09 Å². The molecular formula is C27H35N3O6. The first-order chi connectivity index (χ1) is 17.0. The number of nitrogens with one attached hydrogen (secondary N) is 2. The molecular weight excluding hydrogens is 462 g/mol. The van der Waals surface area contributed by atoms with Crippen molar-refractivity contribution >= 4 is 17.9 Å². The number of hydrogen-bond donors (Lipinski definition) is 4. The fraction of sp³-hybridized carbons (Fsp3) is 0.444. The third kappa shape index (κ3) is 7.90. The number of carbonyl (C=O) groups is 3. The highest BCUT2D eigenvalue weighted by molar-refractivity contribution is 5.89. The zero-order valence-corrected chi connectivity index (χ0v) is 21.0. The van der Waals surface area contributed by atoms with Gasteiger partial charge in [-0.25, -0.2) is 4.79 Å². The minimum Gasteiger partial charge on any atom is -0.508 e. The van der Waals surface area contributed by atoms with E-state index in [4.69, 9.17) is 4.74 Å². The highest BCUT2D eigenvalue weighted by Gasteiger charge is 2.44. The molecule has 3 rings (SSSR count). The van der Waals surface area contributed by atoms with E-state index >= 15 is 0 Å². The van der Waals surface area contributed by atoms with E-state index in [0.717, 1.165) is 11.1 Å². The number of benzene rings is 2. The number of carbonyl (C=O) groups excluding carboxylic acids is 3. The molecule has 3 amide bonds. The summed E-state index contributed by atoms with van der Waals surface area (Å²) in [6, 6.07) is 13.5. The zero-order valence-electron chi connectivity index (χ0n) is 21.0. The summed E-state index contributed by atoms with van der Waals surface area (Å²) in [6.07, 6.45) is 0.583. The molecule has 1 saturated heterocycles. The first kappa shape index (κ1) is 26.8. The number of phenols is 2. The van der Waals surface area contributed by atoms with Gasteiger partial charge in [0.15, 0.2) is 0 Å². The van der Waals surface area contributed by atoms with Crippen LogP contribution in [0.4, 0.5) is 4.79 Å². The van der Waals surface area contributed by atoms with Crippen LogP contribution in [0.25, 0.3) is 0 Å². The number of amides is 3. The molecule has 0 bridgehead atoms. The van der Waals surface area contributed by atoms with Gasteiger partial charge < -0.3 is 30.5 Å². The van der Waals surface area contributed by atoms with E-state index in [2.05, 4.69) is 10.6 Å². The number of aromatic hydroxyl groups is 2. The molecule has 0 radical (unpaired) electrons. The molecule has 2 unspecified atom stereocenters. The first-order valence-electron chi connectivity index (χ1n) is 12.1. The zero-order chi connectivity index (χ0) is 26.3. The van der Waals surface area contributed by atoms with Gasteiger partial charge in [-0.05, 0) is 69.0 Å². The number of phenolic OH excluding ortho intramolecular Hbond substituents is 2. The van der Waals surface area contributed by atoms with Crippen molar-refractivity contribution in [2.75, 3.05) is 26.2 Å². The number of nitrogens with zero attached hydrogens (tertiary/aromatic N) is 1. The van der Waals surface area contributed by atoms with Gasteiger partial charge in [-0.3, -0.25) is 9.59 Å². The van der Waals surface area contributed by atoms with E-state index < -0.39 is 23.5 Å². The maximum Gasteiger partial charge on any atom is 0.410 e. The van der Waals surface area contributed by atoms with Crippen LogP contribution in [0.1, 0.15) is 31.9 Å². The molecule has 1 aliphatic rings. The second-order valence-corrected chi connectivity index (χ2v) is 10.0. The van der Waals surface area contributed by atoms with E-state index in [-0.39, 0.29) is 36.4 Å². The van der Waals surface area contributed by atoms with Crippen LogP contribution < -0.4 is 10.6 Å². The molecule has 0 spiro atoms. The highest BCUT2D eigenvalue weighted by atomic mass is 16.6. The highest BCUT2D eigenvalue weighted by Crippen LogP contribution is 2.26. The summed E-state index contributed by atoms with van der Waals surface area (Å²) in [6.45, 7) is 6.21. The van der Waals surface area contributed by atoms with Crippen LogP contribution >= 0.6 is 0 Å². The lowest BCUT2D eigenvalue weighted by Crippen LogP contribution is -2.42. The Morgan fingerprint density at radius 1 is 0.806 bits per heavy atom. The summed E-state index contributed by atoms with van der Waals surface area (Å²) < 4.78 is 5.46. The van der Waals surface area contributed by atoms with Gasteiger partial charge in [0, 0.05) is 26.2 Å². The van der Waals surface area contributed by atoms with E-state index in [1.54, 1.807) is 69.3 Å². The molecule has 0 aliphatic carbocycles. The Morgan fingerprint density at radius 3 is 1.56 bits per heavy atom. The van der Waals surface area contributed by atoms with Gasteiger partial charge in [-0.1, -0.05) is 24.3 Å². The Labute approximate surface area is 211 Å². The summed E-state index contributed by atoms with van der Waals surface area (Å²) in [5, 5.41) is 24.6. The number of hydrogen-bond acceptors (Lipinski definition) is 6. The summed E-state index contributed by atoms with van der Waals surface area (Å²) in [7, 11) is 0. The quantitative estimate of drug-likeness (QED) is 0.444. The van der Waals surface area contributed by atoms with Crippen molar-refractivity contribution < 1.29 is 29.3 Å². The summed E-state index contributed by atoms with van der Waals surface area (Å²) in [5.74, 6) is -1.64. The van der Waals surface area contributed by atoms with Gasteiger partial charge in [0.25, 0.3) is 0 Å². The van der Waals surface area contributed by atoms with Gasteiger partial charge in [-0.2, -0.15) is 0 Å². The van der Waals surface area contributed by atoms with E-state index in [1.165, 1.54) is 4.90 Å². The van der Waals surface area contributed by atoms with E-state index in [0.29, 0.717) is 25.9 Å². The van der Waals surface area contributed by atoms with Crippen molar-refractivity contribution in [3.05, 3.63) is 59.7 Å². The second-order valence-electron chi connectivity index (χ2n) is 10.0. The second kappa shape index (κ2) is 11.8. The van der Waals surface area contributed by atoms with Crippen molar-refractivity contribution in [1.29, 1.82) is 0 Å². The molecule has 9 nitrogen and oxygen atoms in total. The average Bonchev–Trinajstić information content (AvgIpc) is 3.27. The molecule has 36 heavy (non-hydrogen) atoms. The Morgan fingerprint density at radius 2 is 1.19 bits per heavy atom. The molecule has 1 heterocycles. The predicted molar refractivity (Wildman–Crippen MR) is 134 cm³/mol. The summed E-state index contributed by atoms with van der Waals surface area (Å²) in [4.78, 5) is 40.2. The largest absolute Gasteiger partial charge is 0.508 e. The normalized spacial score (nSPS) is 17.5. The molecule has 0 saturated carbocycles. The van der Waals surface area contributed by atoms with E-state index in [1.807, 2.05) is 0 Å². The molecule has 9 heteroatoms. The Bertz CT molecular complexity index is 975. The monoisotopic (exact) mass is 497 g/mol. The first-order valence-corrected chi connectivity index (χ1v) is 12.1. The van der Waals surface area contributed by atoms with Gasteiger partial charge in [0.05, 0.1) is 11.8 Å². The van der Waals surface area contributed by atoms with Crippen molar-refractivity contribution in [2.24, 2.45) is 11.8 Å². The van der Waals surface area contributed by atoms with E-state index in [9.17, 15) is 24.6 Å². The van der Waals surface area contributed by atoms with Crippen LogP contribution in [0, 0.1) is 11.8 Å². The minimum absolute atomic E-state index is 0.0933. The summed E-state index contributed by atoms with van der Waals surface area (Å²) >= 11 is 0. The summed E-state index contributed by atoms with van der Waals surface area (Å²) in [5.41, 5.74) is 1.22. The molecule has 1 aliphatic heterocycles. The predicted octanol–water partition coefficient (Wildman–Crippen LogP) is 2.60. The van der Waals surface area contributed by atoms with Crippen LogP contribution in [-0.4, -0.2) is 64.8 Å². The van der Waals surface area contributed by atoms with Crippen molar-refractivity contribution in [3.8, 4) is 11.5 Å². The molecule has 1 fully saturated rings. The number of likely N-dealkylation sites (tertiary alicyclic amines) is 1. The Hall–Kier alpha value is -3.75. The maximum atomic E-state index is 13.1. The topological polar surface area (TPSA) is 128 Å². The fourth-order valence-electron chi connectivity index (χ4n) is 4.06. The van der Waals surface area contributed by atoms with Gasteiger partial charge in [0.2, 0.25) is 11.8 Å². The molecule has 2 aromatic carbocycles. The van der Waals surface area contributed by atoms with Crippen LogP contribution in [0.2, 0.25) is 0 Å². The lowest BCUT2D eigenvalue weighted by molar-refractivity contribution is -0.132. The van der Waals surface area contributed by atoms with Crippen molar-refractivity contribution in [3.63, 3.8) is 0 Å². The van der Waals surface area contributed by atoms with Gasteiger partial charge in [0.1, 0.15) is 17.1 Å². The molecule has 2 atom stereocenters. The lowest BCUT2D eigenvalue weighted by Gasteiger charge is -2.24. The van der Waals surface area contributed by atoms with Crippen molar-refractivity contribution in [2.45, 2.75) is 39.2 Å². The SMILES string of the molecule is CC(C)(C)OC(=O)N1CC(C(=O)NCCc2ccc(O)cc2)C(C(=O)NCCc2ccc(O)cc2)C1. The molecule has 0 aromatic heterocycles. The van der Waals surface area contributed by atoms with Crippen molar-refractivity contribution in [1.82, 2.24) is 15.5 Å². The smallest absolute Gasteiger partial charge is 0.410 e. The third-order valence-corrected chi connectivity index (χ3v) is 5.94. The van der Waals surface area contributed by atoms with Crippen LogP contribution in [0.15, 0.2) is 48.5 Å². The average molecular weight is 498 g/mol. The minimum atomic E-state index is -0.703. The Kier molecular flexibility index (Phi) is 8.79.